The molecular weight excluding hydrogens is 180 g/mol. The van der Waals surface area contributed by atoms with Gasteiger partial charge in [-0.3, -0.25) is 4.79 Å². The summed E-state index contributed by atoms with van der Waals surface area (Å²) in [7, 11) is 3.41. The molecule has 0 aliphatic heterocycles. The first-order chi connectivity index (χ1) is 6.47. The van der Waals surface area contributed by atoms with Crippen molar-refractivity contribution in [3.05, 3.63) is 18.2 Å². The van der Waals surface area contributed by atoms with E-state index in [0.29, 0.717) is 6.42 Å². The molecule has 1 rings (SSSR count). The highest BCUT2D eigenvalue weighted by Crippen LogP contribution is 2.12. The number of ether oxygens (including phenoxy) is 1. The summed E-state index contributed by atoms with van der Waals surface area (Å²) >= 11 is 0. The quantitative estimate of drug-likeness (QED) is 0.720. The van der Waals surface area contributed by atoms with Crippen molar-refractivity contribution in [3.8, 4) is 0 Å². The van der Waals surface area contributed by atoms with E-state index >= 15 is 0 Å². The molecular formula is C10H16N2O2. The van der Waals surface area contributed by atoms with Gasteiger partial charge in [0.25, 0.3) is 0 Å². The van der Waals surface area contributed by atoms with Crippen LogP contribution >= 0.6 is 0 Å². The van der Waals surface area contributed by atoms with E-state index in [4.69, 9.17) is 4.74 Å². The van der Waals surface area contributed by atoms with E-state index in [2.05, 4.69) is 4.98 Å². The number of aryl methyl sites for hydroxylation is 1. The van der Waals surface area contributed by atoms with Crippen LogP contribution in [0.3, 0.4) is 0 Å². The van der Waals surface area contributed by atoms with Gasteiger partial charge in [0.05, 0.1) is 6.42 Å². The highest BCUT2D eigenvalue weighted by atomic mass is 16.5. The van der Waals surface area contributed by atoms with Crippen LogP contribution in [0.2, 0.25) is 0 Å². The normalized spacial score (nSPS) is 11.7. The zero-order valence-corrected chi connectivity index (χ0v) is 9.07. The molecule has 0 aromatic carbocycles. The number of nitrogens with zero attached hydrogens (tertiary/aromatic N) is 2. The molecule has 1 aromatic rings. The number of Topliss-reactive ketones (excluding diaryl/α,β-unsaturated/α-hetero) is 1. The van der Waals surface area contributed by atoms with Crippen molar-refractivity contribution in [1.82, 2.24) is 9.55 Å². The molecule has 4 heteroatoms. The van der Waals surface area contributed by atoms with Crippen LogP contribution in [0.15, 0.2) is 12.4 Å². The van der Waals surface area contributed by atoms with Crippen LogP contribution in [-0.2, 0) is 23.0 Å². The predicted molar refractivity (Wildman–Crippen MR) is 53.0 cm³/mol. The number of hydrogen-bond donors (Lipinski definition) is 0. The fourth-order valence-corrected chi connectivity index (χ4v) is 1.04. The van der Waals surface area contributed by atoms with Crippen molar-refractivity contribution in [1.29, 1.82) is 0 Å². The Kier molecular flexibility index (Phi) is 3.06. The largest absolute Gasteiger partial charge is 0.371 e. The average Bonchev–Trinajstić information content (AvgIpc) is 2.52. The summed E-state index contributed by atoms with van der Waals surface area (Å²) in [5, 5.41) is 0. The van der Waals surface area contributed by atoms with E-state index in [-0.39, 0.29) is 5.78 Å². The van der Waals surface area contributed by atoms with Gasteiger partial charge >= 0.3 is 0 Å². The van der Waals surface area contributed by atoms with Gasteiger partial charge in [0.15, 0.2) is 5.78 Å². The highest BCUT2D eigenvalue weighted by molar-refractivity contribution is 5.87. The second kappa shape index (κ2) is 3.92. The van der Waals surface area contributed by atoms with Crippen molar-refractivity contribution in [2.75, 3.05) is 7.11 Å². The number of hydrogen-bond acceptors (Lipinski definition) is 3. The monoisotopic (exact) mass is 196 g/mol. The first-order valence-corrected chi connectivity index (χ1v) is 4.52. The molecule has 0 atom stereocenters. The highest BCUT2D eigenvalue weighted by Gasteiger charge is 2.27. The van der Waals surface area contributed by atoms with Crippen LogP contribution in [0, 0.1) is 0 Å². The van der Waals surface area contributed by atoms with E-state index < -0.39 is 5.60 Å². The summed E-state index contributed by atoms with van der Waals surface area (Å²) in [4.78, 5) is 15.8. The second-order valence-electron chi connectivity index (χ2n) is 3.77. The lowest BCUT2D eigenvalue weighted by molar-refractivity contribution is -0.136. The third kappa shape index (κ3) is 2.20. The Bertz CT molecular complexity index is 329. The second-order valence-corrected chi connectivity index (χ2v) is 3.77. The topological polar surface area (TPSA) is 44.1 Å². The molecule has 0 radical (unpaired) electrons. The first kappa shape index (κ1) is 10.9. The van der Waals surface area contributed by atoms with E-state index in [1.54, 1.807) is 20.0 Å². The summed E-state index contributed by atoms with van der Waals surface area (Å²) in [5.41, 5.74) is -0.730. The molecule has 0 saturated heterocycles. The van der Waals surface area contributed by atoms with Gasteiger partial charge in [0.2, 0.25) is 0 Å². The maximum atomic E-state index is 11.7. The summed E-state index contributed by atoms with van der Waals surface area (Å²) in [5.74, 6) is 0.800. The molecule has 0 unspecified atom stereocenters. The molecule has 1 heterocycles. The standard InChI is InChI=1S/C10H16N2O2/c1-10(2,14-4)8(13)7-9-11-5-6-12(9)3/h5-6H,7H2,1-4H3. The number of carbonyl (C=O) groups is 1. The van der Waals surface area contributed by atoms with Crippen LogP contribution in [0.25, 0.3) is 0 Å². The third-order valence-corrected chi connectivity index (χ3v) is 2.42. The van der Waals surface area contributed by atoms with E-state index in [1.165, 1.54) is 7.11 Å². The van der Waals surface area contributed by atoms with Gasteiger partial charge in [-0.15, -0.1) is 0 Å². The molecule has 0 aliphatic rings. The van der Waals surface area contributed by atoms with Crippen LogP contribution in [0.4, 0.5) is 0 Å². The predicted octanol–water partition coefficient (Wildman–Crippen LogP) is 0.957. The smallest absolute Gasteiger partial charge is 0.171 e. The average molecular weight is 196 g/mol. The van der Waals surface area contributed by atoms with Crippen LogP contribution in [0.5, 0.6) is 0 Å². The van der Waals surface area contributed by atoms with Crippen molar-refractivity contribution in [2.45, 2.75) is 25.9 Å². The minimum Gasteiger partial charge on any atom is -0.371 e. The molecule has 0 spiro atoms. The number of rotatable bonds is 4. The summed E-state index contributed by atoms with van der Waals surface area (Å²) in [6, 6.07) is 0. The van der Waals surface area contributed by atoms with Gasteiger partial charge in [0, 0.05) is 26.6 Å². The fourth-order valence-electron chi connectivity index (χ4n) is 1.04. The molecule has 0 amide bonds. The number of ketones is 1. The third-order valence-electron chi connectivity index (χ3n) is 2.42. The van der Waals surface area contributed by atoms with Crippen LogP contribution in [-0.4, -0.2) is 28.0 Å². The molecule has 0 fully saturated rings. The maximum Gasteiger partial charge on any atom is 0.171 e. The molecule has 14 heavy (non-hydrogen) atoms. The van der Waals surface area contributed by atoms with Gasteiger partial charge in [-0.05, 0) is 13.8 Å². The van der Waals surface area contributed by atoms with E-state index in [0.717, 1.165) is 5.82 Å². The summed E-state index contributed by atoms with van der Waals surface area (Å²) < 4.78 is 6.94. The van der Waals surface area contributed by atoms with Gasteiger partial charge in [0.1, 0.15) is 11.4 Å². The van der Waals surface area contributed by atoms with Crippen molar-refractivity contribution < 1.29 is 9.53 Å². The van der Waals surface area contributed by atoms with Crippen molar-refractivity contribution in [3.63, 3.8) is 0 Å². The SMILES string of the molecule is COC(C)(C)C(=O)Cc1nccn1C. The van der Waals surface area contributed by atoms with Gasteiger partial charge in [-0.2, -0.15) is 0 Å². The zero-order chi connectivity index (χ0) is 10.8. The van der Waals surface area contributed by atoms with Gasteiger partial charge in [-0.1, -0.05) is 0 Å². The van der Waals surface area contributed by atoms with Crippen molar-refractivity contribution >= 4 is 5.78 Å². The Morgan fingerprint density at radius 2 is 2.29 bits per heavy atom. The molecule has 0 bridgehead atoms. The Balaban J connectivity index is 2.71. The minimum atomic E-state index is -0.730. The number of imidazole rings is 1. The molecule has 1 aromatic heterocycles. The maximum absolute atomic E-state index is 11.7. The Hall–Kier alpha value is -1.16. The van der Waals surface area contributed by atoms with Gasteiger partial charge < -0.3 is 9.30 Å². The number of methoxy groups -OCH3 is 1. The molecule has 0 saturated carbocycles. The Morgan fingerprint density at radius 1 is 1.64 bits per heavy atom. The summed E-state index contributed by atoms with van der Waals surface area (Å²) in [6.07, 6.45) is 3.81. The first-order valence-electron chi connectivity index (χ1n) is 4.52. The lowest BCUT2D eigenvalue weighted by Gasteiger charge is -2.20. The lowest BCUT2D eigenvalue weighted by atomic mass is 10.0. The zero-order valence-electron chi connectivity index (χ0n) is 9.07. The molecule has 78 valence electrons. The minimum absolute atomic E-state index is 0.0364. The van der Waals surface area contributed by atoms with Crippen molar-refractivity contribution in [2.24, 2.45) is 7.05 Å². The number of carbonyl (C=O) groups excluding carboxylic acids is 1. The lowest BCUT2D eigenvalue weighted by Crippen LogP contribution is -2.35. The Labute approximate surface area is 83.9 Å². The molecule has 0 aliphatic carbocycles. The van der Waals surface area contributed by atoms with E-state index in [1.807, 2.05) is 17.8 Å². The van der Waals surface area contributed by atoms with Gasteiger partial charge in [-0.25, -0.2) is 4.98 Å². The van der Waals surface area contributed by atoms with Crippen LogP contribution < -0.4 is 0 Å². The summed E-state index contributed by atoms with van der Waals surface area (Å²) in [6.45, 7) is 3.52. The molecule has 4 nitrogen and oxygen atoms in total. The Morgan fingerprint density at radius 3 is 2.71 bits per heavy atom. The number of aromatic nitrogens is 2. The van der Waals surface area contributed by atoms with Crippen LogP contribution in [0.1, 0.15) is 19.7 Å². The van der Waals surface area contributed by atoms with E-state index in [9.17, 15) is 4.79 Å². The fraction of sp³-hybridized carbons (Fsp3) is 0.600. The molecule has 0 N–H and O–H groups in total.